The van der Waals surface area contributed by atoms with E-state index in [1.165, 1.54) is 11.1 Å². The largest absolute Gasteiger partial charge is 0.338 e. The monoisotopic (exact) mass is 461 g/mol. The quantitative estimate of drug-likeness (QED) is 0.560. The van der Waals surface area contributed by atoms with Crippen molar-refractivity contribution < 1.29 is 4.79 Å². The van der Waals surface area contributed by atoms with Crippen LogP contribution in [0.25, 0.3) is 0 Å². The highest BCUT2D eigenvalue weighted by Crippen LogP contribution is 2.38. The van der Waals surface area contributed by atoms with Crippen LogP contribution in [0.5, 0.6) is 0 Å². The molecular weight excluding hydrogens is 434 g/mol. The third-order valence-electron chi connectivity index (χ3n) is 6.51. The second kappa shape index (κ2) is 9.89. The van der Waals surface area contributed by atoms with Gasteiger partial charge in [-0.15, -0.1) is 0 Å². The second-order valence-electron chi connectivity index (χ2n) is 8.61. The first kappa shape index (κ1) is 21.9. The van der Waals surface area contributed by atoms with E-state index in [2.05, 4.69) is 31.9 Å². The van der Waals surface area contributed by atoms with E-state index in [-0.39, 0.29) is 5.91 Å². The lowest BCUT2D eigenvalue weighted by atomic mass is 10.0. The smallest absolute Gasteiger partial charge is 0.231 e. The number of aromatic nitrogens is 2. The summed E-state index contributed by atoms with van der Waals surface area (Å²) in [4.78, 5) is 28.8. The Morgan fingerprint density at radius 2 is 1.61 bits per heavy atom. The van der Waals surface area contributed by atoms with E-state index >= 15 is 0 Å². The van der Waals surface area contributed by atoms with Gasteiger partial charge in [0, 0.05) is 50.0 Å². The second-order valence-corrected chi connectivity index (χ2v) is 9.05. The van der Waals surface area contributed by atoms with Crippen molar-refractivity contribution in [1.29, 1.82) is 0 Å². The van der Waals surface area contributed by atoms with Crippen LogP contribution in [0.3, 0.4) is 0 Å². The average molecular weight is 462 g/mol. The maximum Gasteiger partial charge on any atom is 0.231 e. The molecule has 3 heterocycles. The van der Waals surface area contributed by atoms with Crippen LogP contribution in [0.4, 0.5) is 17.3 Å². The van der Waals surface area contributed by atoms with Crippen molar-refractivity contribution in [3.63, 3.8) is 0 Å². The van der Waals surface area contributed by atoms with Crippen LogP contribution in [-0.2, 0) is 17.6 Å². The van der Waals surface area contributed by atoms with Gasteiger partial charge in [0.1, 0.15) is 0 Å². The van der Waals surface area contributed by atoms with Gasteiger partial charge in [-0.05, 0) is 61.2 Å². The minimum Gasteiger partial charge on any atom is -0.338 e. The summed E-state index contributed by atoms with van der Waals surface area (Å²) in [6.45, 7) is 4.63. The first-order valence-corrected chi connectivity index (χ1v) is 12.0. The molecule has 2 aromatic carbocycles. The predicted octanol–water partition coefficient (Wildman–Crippen LogP) is 4.50. The number of halogens is 1. The predicted molar refractivity (Wildman–Crippen MR) is 132 cm³/mol. The highest BCUT2D eigenvalue weighted by Gasteiger charge is 2.26. The molecule has 0 bridgehead atoms. The number of anilines is 3. The van der Waals surface area contributed by atoms with Crippen molar-refractivity contribution in [3.8, 4) is 0 Å². The number of fused-ring (bicyclic) bond motifs is 2. The molecule has 0 N–H and O–H groups in total. The Kier molecular flexibility index (Phi) is 6.55. The lowest BCUT2D eigenvalue weighted by Gasteiger charge is -2.34. The molecule has 170 valence electrons. The Hall–Kier alpha value is -2.96. The molecule has 3 aromatic rings. The molecule has 1 fully saturated rings. The van der Waals surface area contributed by atoms with Gasteiger partial charge in [-0.3, -0.25) is 14.6 Å². The third-order valence-corrected chi connectivity index (χ3v) is 6.74. The lowest BCUT2D eigenvalue weighted by molar-refractivity contribution is -0.118. The molecule has 2 aliphatic rings. The first-order valence-electron chi connectivity index (χ1n) is 11.6. The molecule has 2 aliphatic heterocycles. The molecule has 33 heavy (non-hydrogen) atoms. The van der Waals surface area contributed by atoms with Gasteiger partial charge < -0.3 is 4.90 Å². The summed E-state index contributed by atoms with van der Waals surface area (Å²) in [5.41, 5.74) is 4.29. The van der Waals surface area contributed by atoms with Gasteiger partial charge in [0.15, 0.2) is 0 Å². The van der Waals surface area contributed by atoms with Crippen LogP contribution in [-0.4, -0.2) is 53.5 Å². The van der Waals surface area contributed by atoms with Gasteiger partial charge in [0.25, 0.3) is 0 Å². The van der Waals surface area contributed by atoms with Crippen LogP contribution >= 0.6 is 11.6 Å². The molecule has 6 nitrogen and oxygen atoms in total. The fourth-order valence-electron chi connectivity index (χ4n) is 4.76. The maximum absolute atomic E-state index is 13.5. The fourth-order valence-corrected chi connectivity index (χ4v) is 4.92. The van der Waals surface area contributed by atoms with Crippen LogP contribution < -0.4 is 9.80 Å². The Bertz CT molecular complexity index is 1110. The van der Waals surface area contributed by atoms with Crippen LogP contribution in [0.15, 0.2) is 60.9 Å². The number of para-hydroxylation sites is 1. The van der Waals surface area contributed by atoms with E-state index in [9.17, 15) is 4.79 Å². The normalized spacial score (nSPS) is 16.2. The molecule has 5 rings (SSSR count). The van der Waals surface area contributed by atoms with Gasteiger partial charge in [0.2, 0.25) is 11.9 Å². The number of piperazine rings is 1. The van der Waals surface area contributed by atoms with Crippen molar-refractivity contribution >= 4 is 34.8 Å². The summed E-state index contributed by atoms with van der Waals surface area (Å²) < 4.78 is 0. The molecule has 1 amide bonds. The summed E-state index contributed by atoms with van der Waals surface area (Å²) in [6.07, 6.45) is 6.73. The lowest BCUT2D eigenvalue weighted by Crippen LogP contribution is -2.47. The zero-order valence-corrected chi connectivity index (χ0v) is 19.4. The van der Waals surface area contributed by atoms with E-state index in [1.54, 1.807) is 12.4 Å². The number of aryl methyl sites for hydroxylation is 2. The number of nitrogens with zero attached hydrogens (tertiary/aromatic N) is 5. The molecule has 0 saturated carbocycles. The molecule has 0 atom stereocenters. The number of rotatable bonds is 5. The number of amides is 1. The number of carbonyl (C=O) groups excluding carboxylic acids is 1. The van der Waals surface area contributed by atoms with E-state index in [1.807, 2.05) is 41.3 Å². The Labute approximate surface area is 199 Å². The molecular formula is C26H28ClN5O. The zero-order chi connectivity index (χ0) is 22.6. The number of benzene rings is 2. The van der Waals surface area contributed by atoms with Gasteiger partial charge >= 0.3 is 0 Å². The van der Waals surface area contributed by atoms with E-state index in [4.69, 9.17) is 11.6 Å². The van der Waals surface area contributed by atoms with Gasteiger partial charge in [-0.1, -0.05) is 35.9 Å². The molecule has 7 heteroatoms. The Morgan fingerprint density at radius 3 is 2.39 bits per heavy atom. The van der Waals surface area contributed by atoms with Crippen molar-refractivity contribution in [1.82, 2.24) is 14.9 Å². The van der Waals surface area contributed by atoms with E-state index in [0.717, 1.165) is 69.3 Å². The van der Waals surface area contributed by atoms with Crippen LogP contribution in [0, 0.1) is 0 Å². The SMILES string of the molecule is O=C(CCCN1CCN(c2ncccn2)CC1)N1c2ccccc2CCc2ccc(Cl)cc21. The molecule has 0 aliphatic carbocycles. The third kappa shape index (κ3) is 4.87. The van der Waals surface area contributed by atoms with E-state index in [0.29, 0.717) is 11.4 Å². The standard InChI is InChI=1S/C26H28ClN5O/c27-22-11-10-21-9-8-20-5-1-2-6-23(20)32(24(21)19-22)25(33)7-3-14-30-15-17-31(18-16-30)26-28-12-4-13-29-26/h1-2,4-6,10-13,19H,3,7-9,14-18H2. The maximum atomic E-state index is 13.5. The topological polar surface area (TPSA) is 52.6 Å². The summed E-state index contributed by atoms with van der Waals surface area (Å²) in [6, 6.07) is 16.0. The summed E-state index contributed by atoms with van der Waals surface area (Å²) in [5.74, 6) is 0.925. The average Bonchev–Trinajstić information content (AvgIpc) is 3.01. The summed E-state index contributed by atoms with van der Waals surface area (Å²) >= 11 is 6.33. The highest BCUT2D eigenvalue weighted by atomic mass is 35.5. The van der Waals surface area contributed by atoms with Crippen molar-refractivity contribution in [2.45, 2.75) is 25.7 Å². The number of hydrogen-bond donors (Lipinski definition) is 0. The summed E-state index contributed by atoms with van der Waals surface area (Å²) in [5, 5.41) is 0.659. The van der Waals surface area contributed by atoms with Crippen molar-refractivity contribution in [2.75, 3.05) is 42.5 Å². The van der Waals surface area contributed by atoms with Crippen LogP contribution in [0.2, 0.25) is 5.02 Å². The fraction of sp³-hybridized carbons (Fsp3) is 0.346. The minimum atomic E-state index is 0.129. The van der Waals surface area contributed by atoms with E-state index < -0.39 is 0 Å². The van der Waals surface area contributed by atoms with Gasteiger partial charge in [0.05, 0.1) is 11.4 Å². The summed E-state index contributed by atoms with van der Waals surface area (Å²) in [7, 11) is 0. The zero-order valence-electron chi connectivity index (χ0n) is 18.7. The minimum absolute atomic E-state index is 0.129. The van der Waals surface area contributed by atoms with Gasteiger partial charge in [-0.25, -0.2) is 9.97 Å². The number of carbonyl (C=O) groups is 1. The molecule has 1 saturated heterocycles. The first-order chi connectivity index (χ1) is 16.2. The Morgan fingerprint density at radius 1 is 0.879 bits per heavy atom. The van der Waals surface area contributed by atoms with Gasteiger partial charge in [-0.2, -0.15) is 0 Å². The molecule has 1 aromatic heterocycles. The van der Waals surface area contributed by atoms with Crippen molar-refractivity contribution in [3.05, 3.63) is 77.1 Å². The molecule has 0 spiro atoms. The Balaban J connectivity index is 1.23. The molecule has 0 unspecified atom stereocenters. The number of hydrogen-bond acceptors (Lipinski definition) is 5. The van der Waals surface area contributed by atoms with Crippen molar-refractivity contribution in [2.24, 2.45) is 0 Å². The highest BCUT2D eigenvalue weighted by molar-refractivity contribution is 6.31. The molecule has 0 radical (unpaired) electrons. The van der Waals surface area contributed by atoms with Crippen LogP contribution in [0.1, 0.15) is 24.0 Å².